The van der Waals surface area contributed by atoms with Crippen molar-refractivity contribution in [2.45, 2.75) is 43.2 Å². The van der Waals surface area contributed by atoms with E-state index in [0.717, 1.165) is 44.3 Å². The molecule has 0 spiro atoms. The molecule has 3 aromatic rings. The van der Waals surface area contributed by atoms with Gasteiger partial charge in [-0.2, -0.15) is 20.0 Å². The topological polar surface area (TPSA) is 127 Å². The summed E-state index contributed by atoms with van der Waals surface area (Å²) in [6.45, 7) is 7.21. The van der Waals surface area contributed by atoms with Gasteiger partial charge in [-0.3, -0.25) is 4.90 Å². The predicted molar refractivity (Wildman–Crippen MR) is 139 cm³/mol. The molecule has 0 bridgehead atoms. The molecule has 37 heavy (non-hydrogen) atoms. The van der Waals surface area contributed by atoms with Gasteiger partial charge in [0, 0.05) is 6.04 Å². The number of halogens is 1. The molecule has 2 aliphatic heterocycles. The first-order valence-electron chi connectivity index (χ1n) is 12.4. The third kappa shape index (κ3) is 4.27. The van der Waals surface area contributed by atoms with Crippen LogP contribution in [0.2, 0.25) is 5.02 Å². The van der Waals surface area contributed by atoms with E-state index in [4.69, 9.17) is 16.3 Å². The van der Waals surface area contributed by atoms with Crippen LogP contribution in [-0.4, -0.2) is 62.4 Å². The average Bonchev–Trinajstić information content (AvgIpc) is 3.61. The molecule has 3 aliphatic rings. The van der Waals surface area contributed by atoms with Crippen molar-refractivity contribution >= 4 is 34.7 Å². The van der Waals surface area contributed by atoms with Crippen molar-refractivity contribution in [3.8, 4) is 12.1 Å². The monoisotopic (exact) mass is 515 g/mol. The highest BCUT2D eigenvalue weighted by Gasteiger charge is 2.43. The fraction of sp³-hybridized carbons (Fsp3) is 0.423. The van der Waals surface area contributed by atoms with E-state index in [1.54, 1.807) is 6.07 Å². The predicted octanol–water partition coefficient (Wildman–Crippen LogP) is 3.97. The van der Waals surface area contributed by atoms with E-state index in [1.807, 2.05) is 12.1 Å². The first-order valence-corrected chi connectivity index (χ1v) is 12.8. The zero-order valence-corrected chi connectivity index (χ0v) is 21.0. The second-order valence-electron chi connectivity index (χ2n) is 9.92. The number of rotatable bonds is 7. The lowest BCUT2D eigenvalue weighted by Gasteiger charge is -2.50. The number of nitriles is 2. The van der Waals surface area contributed by atoms with E-state index in [0.29, 0.717) is 52.7 Å². The molecule has 4 heterocycles. The van der Waals surface area contributed by atoms with Crippen LogP contribution in [-0.2, 0) is 4.74 Å². The first kappa shape index (κ1) is 23.7. The van der Waals surface area contributed by atoms with E-state index >= 15 is 0 Å². The summed E-state index contributed by atoms with van der Waals surface area (Å²) in [5.41, 5.74) is 2.75. The van der Waals surface area contributed by atoms with Gasteiger partial charge in [0.2, 0.25) is 5.95 Å². The van der Waals surface area contributed by atoms with Gasteiger partial charge in [0.1, 0.15) is 6.07 Å². The van der Waals surface area contributed by atoms with Gasteiger partial charge in [0.15, 0.2) is 17.2 Å². The molecule has 1 aliphatic carbocycles. The molecule has 0 unspecified atom stereocenters. The zero-order valence-electron chi connectivity index (χ0n) is 20.2. The molecule has 2 N–H and O–H groups in total. The highest BCUT2D eigenvalue weighted by Crippen LogP contribution is 2.40. The summed E-state index contributed by atoms with van der Waals surface area (Å²) in [6, 6.07) is 8.30. The number of nitrogens with zero attached hydrogens (tertiary/aromatic N) is 7. The third-order valence-corrected chi connectivity index (χ3v) is 7.94. The van der Waals surface area contributed by atoms with E-state index in [2.05, 4.69) is 49.3 Å². The Bertz CT molecular complexity index is 1450. The Hall–Kier alpha value is -3.70. The quantitative estimate of drug-likeness (QED) is 0.449. The van der Waals surface area contributed by atoms with Crippen molar-refractivity contribution in [2.75, 3.05) is 36.9 Å². The minimum atomic E-state index is -0.0617. The molecule has 6 rings (SSSR count). The minimum absolute atomic E-state index is 0.0617. The molecule has 1 aromatic carbocycles. The Kier molecular flexibility index (Phi) is 5.96. The highest BCUT2D eigenvalue weighted by atomic mass is 35.5. The number of imidazole rings is 1. The number of hydrogen-bond donors (Lipinski definition) is 2. The number of aromatic nitrogens is 4. The fourth-order valence-electron chi connectivity index (χ4n) is 5.12. The number of anilines is 3. The molecule has 0 radical (unpaired) electrons. The third-order valence-electron chi connectivity index (χ3n) is 7.52. The smallest absolute Gasteiger partial charge is 0.247 e. The maximum Gasteiger partial charge on any atom is 0.247 e. The number of ether oxygens (including phenoxy) is 1. The SMILES string of the molecule is C=CC1(N2CCC(c3cc(C#N)cc(Nc4nc(NC5CC5)c5ncc(C#N)n5n4)c3Cl)CC2)COC1. The number of fused-ring (bicyclic) bond motifs is 1. The molecule has 10 nitrogen and oxygen atoms in total. The number of benzene rings is 1. The second-order valence-corrected chi connectivity index (χ2v) is 10.3. The van der Waals surface area contributed by atoms with Gasteiger partial charge >= 0.3 is 0 Å². The lowest BCUT2D eigenvalue weighted by molar-refractivity contribution is -0.118. The number of nitrogens with one attached hydrogen (secondary N) is 2. The maximum absolute atomic E-state index is 9.75. The number of piperidine rings is 1. The van der Waals surface area contributed by atoms with Gasteiger partial charge < -0.3 is 15.4 Å². The summed E-state index contributed by atoms with van der Waals surface area (Å²) < 4.78 is 6.94. The molecule has 2 saturated heterocycles. The Morgan fingerprint density at radius 3 is 2.57 bits per heavy atom. The summed E-state index contributed by atoms with van der Waals surface area (Å²) in [4.78, 5) is 11.4. The molecule has 0 atom stereocenters. The van der Waals surface area contributed by atoms with Crippen LogP contribution in [0.25, 0.3) is 5.65 Å². The second kappa shape index (κ2) is 9.31. The molecular formula is C26H26ClN9O. The van der Waals surface area contributed by atoms with Gasteiger partial charge in [-0.25, -0.2) is 4.98 Å². The Balaban J connectivity index is 1.30. The summed E-state index contributed by atoms with van der Waals surface area (Å²) >= 11 is 6.94. The van der Waals surface area contributed by atoms with Gasteiger partial charge in [-0.1, -0.05) is 17.7 Å². The van der Waals surface area contributed by atoms with Crippen LogP contribution in [0.15, 0.2) is 31.0 Å². The Morgan fingerprint density at radius 1 is 1.16 bits per heavy atom. The summed E-state index contributed by atoms with van der Waals surface area (Å²) in [5, 5.41) is 30.9. The van der Waals surface area contributed by atoms with Crippen molar-refractivity contribution in [3.63, 3.8) is 0 Å². The number of likely N-dealkylation sites (tertiary alicyclic amines) is 1. The highest BCUT2D eigenvalue weighted by molar-refractivity contribution is 6.34. The van der Waals surface area contributed by atoms with E-state index < -0.39 is 0 Å². The van der Waals surface area contributed by atoms with Crippen molar-refractivity contribution in [1.29, 1.82) is 10.5 Å². The van der Waals surface area contributed by atoms with Crippen molar-refractivity contribution in [3.05, 3.63) is 52.8 Å². The maximum atomic E-state index is 9.75. The van der Waals surface area contributed by atoms with Crippen LogP contribution < -0.4 is 10.6 Å². The van der Waals surface area contributed by atoms with Gasteiger partial charge in [-0.15, -0.1) is 11.7 Å². The lowest BCUT2D eigenvalue weighted by atomic mass is 9.84. The van der Waals surface area contributed by atoms with E-state index in [-0.39, 0.29) is 17.4 Å². The lowest BCUT2D eigenvalue weighted by Crippen LogP contribution is -2.62. The van der Waals surface area contributed by atoms with E-state index in [9.17, 15) is 10.5 Å². The van der Waals surface area contributed by atoms with Gasteiger partial charge in [0.25, 0.3) is 0 Å². The van der Waals surface area contributed by atoms with Crippen LogP contribution in [0.1, 0.15) is 48.4 Å². The average molecular weight is 516 g/mol. The van der Waals surface area contributed by atoms with Crippen LogP contribution in [0, 0.1) is 22.7 Å². The van der Waals surface area contributed by atoms with Crippen molar-refractivity contribution in [1.82, 2.24) is 24.5 Å². The summed E-state index contributed by atoms with van der Waals surface area (Å²) in [6.07, 6.45) is 7.44. The van der Waals surface area contributed by atoms with Crippen LogP contribution in [0.5, 0.6) is 0 Å². The van der Waals surface area contributed by atoms with Gasteiger partial charge in [0.05, 0.1) is 47.3 Å². The largest absolute Gasteiger partial charge is 0.377 e. The molecule has 0 amide bonds. The molecule has 188 valence electrons. The zero-order chi connectivity index (χ0) is 25.6. The molecule has 2 aromatic heterocycles. The molecule has 3 fully saturated rings. The summed E-state index contributed by atoms with van der Waals surface area (Å²) in [7, 11) is 0. The van der Waals surface area contributed by atoms with Gasteiger partial charge in [-0.05, 0) is 62.4 Å². The molecule has 1 saturated carbocycles. The summed E-state index contributed by atoms with van der Waals surface area (Å²) in [5.74, 6) is 1.04. The van der Waals surface area contributed by atoms with Crippen LogP contribution >= 0.6 is 11.6 Å². The normalized spacial score (nSPS) is 19.5. The first-order chi connectivity index (χ1) is 18.0. The van der Waals surface area contributed by atoms with E-state index in [1.165, 1.54) is 10.7 Å². The number of hydrogen-bond acceptors (Lipinski definition) is 9. The van der Waals surface area contributed by atoms with Crippen LogP contribution in [0.4, 0.5) is 17.5 Å². The van der Waals surface area contributed by atoms with Crippen LogP contribution in [0.3, 0.4) is 0 Å². The van der Waals surface area contributed by atoms with Crippen molar-refractivity contribution in [2.24, 2.45) is 0 Å². The molecular weight excluding hydrogens is 490 g/mol. The Labute approximate surface area is 219 Å². The minimum Gasteiger partial charge on any atom is -0.377 e. The Morgan fingerprint density at radius 2 is 1.95 bits per heavy atom. The molecule has 11 heteroatoms. The van der Waals surface area contributed by atoms with Crippen molar-refractivity contribution < 1.29 is 4.74 Å². The fourth-order valence-corrected chi connectivity index (χ4v) is 5.44. The standard InChI is InChI=1S/C26H26ClN9O/c1-2-26(14-37-15-26)35-7-5-17(6-8-35)20-9-16(11-28)10-21(22(20)27)32-25-33-23(31-18-3-4-18)24-30-13-19(12-29)36(24)34-25/h2,9-10,13,17-18H,1,3-8,14-15H2,(H2,31,32,33,34).